The highest BCUT2D eigenvalue weighted by Gasteiger charge is 2.15. The largest absolute Gasteiger partial charge is 0.412 e. The van der Waals surface area contributed by atoms with E-state index >= 15 is 0 Å². The second-order valence-corrected chi connectivity index (χ2v) is 6.06. The Morgan fingerprint density at radius 1 is 0.929 bits per heavy atom. The summed E-state index contributed by atoms with van der Waals surface area (Å²) in [5.74, 6) is -0.364. The lowest BCUT2D eigenvalue weighted by Crippen LogP contribution is -2.22. The number of rotatable bonds is 3. The Morgan fingerprint density at radius 2 is 1.57 bits per heavy atom. The van der Waals surface area contributed by atoms with Crippen LogP contribution in [0.25, 0.3) is 27.7 Å². The van der Waals surface area contributed by atoms with Gasteiger partial charge in [-0.25, -0.2) is 4.39 Å². The minimum Gasteiger partial charge on any atom is -0.412 e. The van der Waals surface area contributed by atoms with Gasteiger partial charge in [0.05, 0.1) is 11.1 Å². The maximum atomic E-state index is 13.3. The zero-order chi connectivity index (χ0) is 18.8. The van der Waals surface area contributed by atoms with Crippen molar-refractivity contribution in [1.82, 2.24) is 9.78 Å². The first-order valence-corrected chi connectivity index (χ1v) is 8.48. The monoisotopic (exact) mass is 375 g/mol. The van der Waals surface area contributed by atoms with E-state index in [1.807, 2.05) is 42.5 Å². The summed E-state index contributed by atoms with van der Waals surface area (Å²) in [6, 6.07) is 20.8. The summed E-state index contributed by atoms with van der Waals surface area (Å²) < 4.78 is 14.6. The van der Waals surface area contributed by atoms with Crippen molar-refractivity contribution in [1.29, 1.82) is 0 Å². The van der Waals surface area contributed by atoms with E-state index in [1.165, 1.54) is 16.8 Å². The van der Waals surface area contributed by atoms with Crippen LogP contribution in [-0.2, 0) is 0 Å². The predicted octanol–water partition coefficient (Wildman–Crippen LogP) is 3.42. The first-order valence-electron chi connectivity index (χ1n) is 8.48. The van der Waals surface area contributed by atoms with E-state index in [2.05, 4.69) is 10.1 Å². The molecule has 5 nitrogen and oxygen atoms in total. The molecule has 4 rings (SSSR count). The summed E-state index contributed by atoms with van der Waals surface area (Å²) in [5, 5.41) is 5.95. The fraction of sp³-hybridized carbons (Fsp3) is 0.0455. The molecule has 28 heavy (non-hydrogen) atoms. The van der Waals surface area contributed by atoms with Crippen molar-refractivity contribution in [2.75, 3.05) is 7.05 Å². The summed E-state index contributed by atoms with van der Waals surface area (Å²) in [5.41, 5.74) is 2.71. The van der Waals surface area contributed by atoms with Crippen LogP contribution >= 0.6 is 0 Å². The molecule has 0 aliphatic heterocycles. The van der Waals surface area contributed by atoms with E-state index in [4.69, 9.17) is 0 Å². The molecule has 0 radical (unpaired) electrons. The van der Waals surface area contributed by atoms with Crippen LogP contribution in [0.1, 0.15) is 5.56 Å². The van der Waals surface area contributed by atoms with Gasteiger partial charge in [-0.3, -0.25) is 9.79 Å². The molecule has 2 N–H and O–H groups in total. The van der Waals surface area contributed by atoms with Crippen LogP contribution in [0, 0.1) is 5.82 Å². The van der Waals surface area contributed by atoms with E-state index < -0.39 is 0 Å². The number of aliphatic imine (C=N–C) groups is 1. The lowest BCUT2D eigenvalue weighted by atomic mass is 10.0. The van der Waals surface area contributed by atoms with Crippen molar-refractivity contribution in [2.24, 2.45) is 4.99 Å². The van der Waals surface area contributed by atoms with Crippen molar-refractivity contribution in [3.63, 3.8) is 0 Å². The van der Waals surface area contributed by atoms with Crippen LogP contribution < -0.4 is 5.56 Å². The molecule has 0 spiro atoms. The van der Waals surface area contributed by atoms with Gasteiger partial charge in [-0.15, -0.1) is 0 Å². The van der Waals surface area contributed by atoms with Gasteiger partial charge in [0, 0.05) is 29.8 Å². The Balaban J connectivity index is 0.00000225. The number of aromatic nitrogens is 2. The molecule has 0 saturated heterocycles. The first kappa shape index (κ1) is 19.1. The van der Waals surface area contributed by atoms with Gasteiger partial charge in [0.15, 0.2) is 0 Å². The van der Waals surface area contributed by atoms with Crippen molar-refractivity contribution >= 4 is 17.0 Å². The molecule has 1 heterocycles. The lowest BCUT2D eigenvalue weighted by molar-refractivity contribution is 0.626. The molecule has 0 aliphatic carbocycles. The van der Waals surface area contributed by atoms with Crippen LogP contribution in [-0.4, -0.2) is 28.5 Å². The lowest BCUT2D eigenvalue weighted by Gasteiger charge is -2.13. The molecule has 0 unspecified atom stereocenters. The Bertz CT molecular complexity index is 1210. The zero-order valence-electron chi connectivity index (χ0n) is 15.1. The molecule has 0 amide bonds. The minimum atomic E-state index is -0.364. The third kappa shape index (κ3) is 3.33. The van der Waals surface area contributed by atoms with E-state index in [9.17, 15) is 9.18 Å². The number of hydrogen-bond acceptors (Lipinski definition) is 3. The van der Waals surface area contributed by atoms with Crippen LogP contribution in [0.2, 0.25) is 0 Å². The molecular formula is C22H18FN3O2. The van der Waals surface area contributed by atoms with Gasteiger partial charge in [-0.05, 0) is 30.3 Å². The summed E-state index contributed by atoms with van der Waals surface area (Å²) in [4.78, 5) is 17.1. The quantitative estimate of drug-likeness (QED) is 0.514. The molecule has 0 aliphatic rings. The van der Waals surface area contributed by atoms with E-state index in [0.717, 1.165) is 16.5 Å². The highest BCUT2D eigenvalue weighted by molar-refractivity contribution is 5.99. The number of hydrogen-bond donors (Lipinski definition) is 0. The number of fused-ring (bicyclic) bond motifs is 1. The first-order chi connectivity index (χ1) is 13.2. The van der Waals surface area contributed by atoms with Crippen molar-refractivity contribution in [2.45, 2.75) is 0 Å². The SMILES string of the molecule is C/N=C\c1ccccc1-c1nn(-c2ccc(F)cc2)c(=O)c2ccccc12.O. The van der Waals surface area contributed by atoms with Gasteiger partial charge in [0.1, 0.15) is 11.5 Å². The molecule has 0 saturated carbocycles. The Hall–Kier alpha value is -3.64. The average Bonchev–Trinajstić information content (AvgIpc) is 2.70. The van der Waals surface area contributed by atoms with Gasteiger partial charge in [0.25, 0.3) is 5.56 Å². The van der Waals surface area contributed by atoms with Crippen LogP contribution in [0.4, 0.5) is 4.39 Å². The fourth-order valence-corrected chi connectivity index (χ4v) is 3.11. The molecule has 140 valence electrons. The fourth-order valence-electron chi connectivity index (χ4n) is 3.11. The van der Waals surface area contributed by atoms with Gasteiger partial charge in [-0.2, -0.15) is 9.78 Å². The summed E-state index contributed by atoms with van der Waals surface area (Å²) in [6.45, 7) is 0. The van der Waals surface area contributed by atoms with E-state index in [1.54, 1.807) is 31.5 Å². The molecule has 0 fully saturated rings. The molecule has 1 aromatic heterocycles. The van der Waals surface area contributed by atoms with Gasteiger partial charge in [0.2, 0.25) is 0 Å². The maximum absolute atomic E-state index is 13.3. The summed E-state index contributed by atoms with van der Waals surface area (Å²) in [7, 11) is 1.71. The maximum Gasteiger partial charge on any atom is 0.279 e. The predicted molar refractivity (Wildman–Crippen MR) is 110 cm³/mol. The van der Waals surface area contributed by atoms with Crippen LogP contribution in [0.5, 0.6) is 0 Å². The summed E-state index contributed by atoms with van der Waals surface area (Å²) in [6.07, 6.45) is 1.76. The summed E-state index contributed by atoms with van der Waals surface area (Å²) >= 11 is 0. The van der Waals surface area contributed by atoms with Gasteiger partial charge >= 0.3 is 0 Å². The number of halogens is 1. The molecule has 6 heteroatoms. The normalized spacial score (nSPS) is 10.9. The standard InChI is InChI=1S/C22H16FN3O.H2O/c1-24-14-15-6-2-3-7-18(15)21-19-8-4-5-9-20(19)22(27)26(25-21)17-12-10-16(23)11-13-17;/h2-14H,1H3;1H2/b24-14-;. The second kappa shape index (κ2) is 7.94. The average molecular weight is 375 g/mol. The third-order valence-electron chi connectivity index (χ3n) is 4.36. The smallest absolute Gasteiger partial charge is 0.279 e. The zero-order valence-corrected chi connectivity index (χ0v) is 15.1. The topological polar surface area (TPSA) is 78.8 Å². The Kier molecular flexibility index (Phi) is 5.42. The Labute approximate surface area is 160 Å². The number of nitrogens with zero attached hydrogens (tertiary/aromatic N) is 3. The van der Waals surface area contributed by atoms with Gasteiger partial charge < -0.3 is 5.48 Å². The highest BCUT2D eigenvalue weighted by Crippen LogP contribution is 2.27. The molecule has 0 atom stereocenters. The van der Waals surface area contributed by atoms with Crippen molar-refractivity contribution < 1.29 is 9.87 Å². The Morgan fingerprint density at radius 3 is 2.29 bits per heavy atom. The molecule has 4 aromatic rings. The van der Waals surface area contributed by atoms with Crippen LogP contribution in [0.3, 0.4) is 0 Å². The second-order valence-electron chi connectivity index (χ2n) is 6.06. The molecule has 3 aromatic carbocycles. The van der Waals surface area contributed by atoms with Crippen LogP contribution in [0.15, 0.2) is 82.6 Å². The van der Waals surface area contributed by atoms with Crippen molar-refractivity contribution in [3.05, 3.63) is 94.5 Å². The van der Waals surface area contributed by atoms with Gasteiger partial charge in [-0.1, -0.05) is 42.5 Å². The molecule has 0 bridgehead atoms. The van der Waals surface area contributed by atoms with E-state index in [-0.39, 0.29) is 16.9 Å². The molecular weight excluding hydrogens is 357 g/mol. The third-order valence-corrected chi connectivity index (χ3v) is 4.36. The van der Waals surface area contributed by atoms with E-state index in [0.29, 0.717) is 16.8 Å². The number of benzene rings is 3. The van der Waals surface area contributed by atoms with Crippen molar-refractivity contribution in [3.8, 4) is 16.9 Å². The highest BCUT2D eigenvalue weighted by atomic mass is 19.1. The minimum absolute atomic E-state index is 0.